The fourth-order valence-electron chi connectivity index (χ4n) is 2.30. The van der Waals surface area contributed by atoms with E-state index in [4.69, 9.17) is 5.73 Å². The first kappa shape index (κ1) is 13.9. The largest absolute Gasteiger partial charge is 0.508 e. The Bertz CT molecular complexity index is 450. The van der Waals surface area contributed by atoms with Crippen LogP contribution in [0.2, 0.25) is 0 Å². The van der Waals surface area contributed by atoms with Crippen LogP contribution >= 0.6 is 0 Å². The Hall–Kier alpha value is -1.55. The van der Waals surface area contributed by atoms with E-state index >= 15 is 0 Å². The third kappa shape index (κ3) is 3.70. The van der Waals surface area contributed by atoms with Gasteiger partial charge in [-0.25, -0.2) is 0 Å². The number of phenolic OH excluding ortho intramolecular Hbond substituents is 1. The summed E-state index contributed by atoms with van der Waals surface area (Å²) < 4.78 is 0. The van der Waals surface area contributed by atoms with Crippen LogP contribution in [0.4, 0.5) is 0 Å². The molecule has 1 aromatic carbocycles. The summed E-state index contributed by atoms with van der Waals surface area (Å²) in [4.78, 5) is 12.1. The van der Waals surface area contributed by atoms with Gasteiger partial charge in [0.15, 0.2) is 0 Å². The Balaban J connectivity index is 1.90. The Morgan fingerprint density at radius 3 is 2.53 bits per heavy atom. The van der Waals surface area contributed by atoms with Crippen molar-refractivity contribution in [3.63, 3.8) is 0 Å². The number of amides is 1. The molecule has 1 aliphatic carbocycles. The standard InChI is InChI=1S/C15H22N2O2/c1-15(2,11-5-6-11)17-14(19)13(16)9-10-3-7-12(18)8-4-10/h3-4,7-8,11,13,18H,5-6,9,16H2,1-2H3,(H,17,19)/t13-/m1/s1. The third-order valence-electron chi connectivity index (χ3n) is 3.77. The molecule has 0 radical (unpaired) electrons. The molecule has 0 aromatic heterocycles. The maximum Gasteiger partial charge on any atom is 0.237 e. The molecule has 0 spiro atoms. The summed E-state index contributed by atoms with van der Waals surface area (Å²) in [7, 11) is 0. The SMILES string of the molecule is CC(C)(NC(=O)[C@H](N)Cc1ccc(O)cc1)C1CC1. The van der Waals surface area contributed by atoms with E-state index in [1.807, 2.05) is 0 Å². The van der Waals surface area contributed by atoms with E-state index in [2.05, 4.69) is 19.2 Å². The Kier molecular flexibility index (Phi) is 3.80. The highest BCUT2D eigenvalue weighted by atomic mass is 16.3. The third-order valence-corrected chi connectivity index (χ3v) is 3.77. The molecule has 1 amide bonds. The highest BCUT2D eigenvalue weighted by molar-refractivity contribution is 5.82. The number of aromatic hydroxyl groups is 1. The minimum absolute atomic E-state index is 0.107. The molecular formula is C15H22N2O2. The molecule has 0 heterocycles. The van der Waals surface area contributed by atoms with E-state index in [0.717, 1.165) is 5.56 Å². The van der Waals surface area contributed by atoms with E-state index < -0.39 is 6.04 Å². The lowest BCUT2D eigenvalue weighted by Crippen LogP contribution is -2.52. The number of carbonyl (C=O) groups excluding carboxylic acids is 1. The number of hydrogen-bond acceptors (Lipinski definition) is 3. The average Bonchev–Trinajstić information content (AvgIpc) is 3.15. The number of hydrogen-bond donors (Lipinski definition) is 3. The van der Waals surface area contributed by atoms with Crippen molar-refractivity contribution in [1.82, 2.24) is 5.32 Å². The highest BCUT2D eigenvalue weighted by Gasteiger charge is 2.39. The quantitative estimate of drug-likeness (QED) is 0.754. The number of rotatable bonds is 5. The minimum Gasteiger partial charge on any atom is -0.508 e. The van der Waals surface area contributed by atoms with Crippen LogP contribution in [0, 0.1) is 5.92 Å². The van der Waals surface area contributed by atoms with Crippen molar-refractivity contribution in [2.75, 3.05) is 0 Å². The predicted molar refractivity (Wildman–Crippen MR) is 74.7 cm³/mol. The summed E-state index contributed by atoms with van der Waals surface area (Å²) in [6, 6.07) is 6.23. The van der Waals surface area contributed by atoms with Crippen molar-refractivity contribution in [2.45, 2.75) is 44.7 Å². The first-order chi connectivity index (χ1) is 8.88. The van der Waals surface area contributed by atoms with Crippen LogP contribution in [0.5, 0.6) is 5.75 Å². The number of phenols is 1. The number of nitrogens with one attached hydrogen (secondary N) is 1. The number of carbonyl (C=O) groups is 1. The van der Waals surface area contributed by atoms with Gasteiger partial charge in [0, 0.05) is 5.54 Å². The van der Waals surface area contributed by atoms with Crippen molar-refractivity contribution in [3.8, 4) is 5.75 Å². The molecule has 19 heavy (non-hydrogen) atoms. The molecule has 4 N–H and O–H groups in total. The lowest BCUT2D eigenvalue weighted by atomic mass is 9.97. The van der Waals surface area contributed by atoms with E-state index in [1.54, 1.807) is 24.3 Å². The first-order valence-electron chi connectivity index (χ1n) is 6.74. The normalized spacial score (nSPS) is 17.0. The van der Waals surface area contributed by atoms with E-state index in [-0.39, 0.29) is 17.2 Å². The number of nitrogens with two attached hydrogens (primary N) is 1. The average molecular weight is 262 g/mol. The van der Waals surface area contributed by atoms with Crippen molar-refractivity contribution in [3.05, 3.63) is 29.8 Å². The van der Waals surface area contributed by atoms with Crippen LogP contribution in [0.25, 0.3) is 0 Å². The summed E-state index contributed by atoms with van der Waals surface area (Å²) >= 11 is 0. The van der Waals surface area contributed by atoms with Crippen LogP contribution in [0.1, 0.15) is 32.3 Å². The molecule has 0 aliphatic heterocycles. The molecule has 1 saturated carbocycles. The van der Waals surface area contributed by atoms with Crippen LogP contribution in [-0.4, -0.2) is 22.6 Å². The van der Waals surface area contributed by atoms with Gasteiger partial charge in [0.2, 0.25) is 5.91 Å². The maximum absolute atomic E-state index is 12.1. The van der Waals surface area contributed by atoms with Gasteiger partial charge in [-0.2, -0.15) is 0 Å². The van der Waals surface area contributed by atoms with Gasteiger partial charge in [-0.05, 0) is 56.7 Å². The zero-order valence-corrected chi connectivity index (χ0v) is 11.5. The Labute approximate surface area is 114 Å². The fourth-order valence-corrected chi connectivity index (χ4v) is 2.30. The summed E-state index contributed by atoms with van der Waals surface area (Å²) in [5.74, 6) is 0.693. The lowest BCUT2D eigenvalue weighted by Gasteiger charge is -2.28. The van der Waals surface area contributed by atoms with E-state index in [0.29, 0.717) is 12.3 Å². The molecule has 104 valence electrons. The molecular weight excluding hydrogens is 240 g/mol. The van der Waals surface area contributed by atoms with Crippen LogP contribution in [-0.2, 0) is 11.2 Å². The molecule has 2 rings (SSSR count). The van der Waals surface area contributed by atoms with Crippen molar-refractivity contribution >= 4 is 5.91 Å². The number of benzene rings is 1. The van der Waals surface area contributed by atoms with E-state index in [9.17, 15) is 9.90 Å². The molecule has 1 atom stereocenters. The van der Waals surface area contributed by atoms with Gasteiger partial charge >= 0.3 is 0 Å². The Morgan fingerprint density at radius 1 is 1.42 bits per heavy atom. The predicted octanol–water partition coefficient (Wildman–Crippen LogP) is 1.57. The van der Waals surface area contributed by atoms with Crippen LogP contribution in [0.15, 0.2) is 24.3 Å². The second-order valence-corrected chi connectivity index (χ2v) is 5.96. The smallest absolute Gasteiger partial charge is 0.237 e. The van der Waals surface area contributed by atoms with Gasteiger partial charge in [0.1, 0.15) is 5.75 Å². The topological polar surface area (TPSA) is 75.4 Å². The van der Waals surface area contributed by atoms with Gasteiger partial charge in [0.25, 0.3) is 0 Å². The zero-order valence-electron chi connectivity index (χ0n) is 11.5. The van der Waals surface area contributed by atoms with Crippen LogP contribution < -0.4 is 11.1 Å². The van der Waals surface area contributed by atoms with Crippen molar-refractivity contribution in [2.24, 2.45) is 11.7 Å². The molecule has 0 saturated heterocycles. The second-order valence-electron chi connectivity index (χ2n) is 5.96. The van der Waals surface area contributed by atoms with E-state index in [1.165, 1.54) is 12.8 Å². The first-order valence-corrected chi connectivity index (χ1v) is 6.74. The molecule has 1 fully saturated rings. The second kappa shape index (κ2) is 5.21. The summed E-state index contributed by atoms with van der Waals surface area (Å²) in [6.07, 6.45) is 2.84. The van der Waals surface area contributed by atoms with Gasteiger partial charge in [-0.3, -0.25) is 4.79 Å². The minimum atomic E-state index is -0.553. The van der Waals surface area contributed by atoms with Crippen molar-refractivity contribution < 1.29 is 9.90 Å². The molecule has 4 nitrogen and oxygen atoms in total. The molecule has 1 aromatic rings. The summed E-state index contributed by atoms with van der Waals surface area (Å²) in [5.41, 5.74) is 6.73. The molecule has 4 heteroatoms. The zero-order chi connectivity index (χ0) is 14.0. The van der Waals surface area contributed by atoms with Gasteiger partial charge in [-0.15, -0.1) is 0 Å². The van der Waals surface area contributed by atoms with Gasteiger partial charge in [0.05, 0.1) is 6.04 Å². The molecule has 1 aliphatic rings. The Morgan fingerprint density at radius 2 is 2.00 bits per heavy atom. The fraction of sp³-hybridized carbons (Fsp3) is 0.533. The highest BCUT2D eigenvalue weighted by Crippen LogP contribution is 2.39. The monoisotopic (exact) mass is 262 g/mol. The lowest BCUT2D eigenvalue weighted by molar-refractivity contribution is -0.124. The molecule has 0 bridgehead atoms. The summed E-state index contributed by atoms with van der Waals surface area (Å²) in [5, 5.41) is 12.2. The van der Waals surface area contributed by atoms with Crippen LogP contribution in [0.3, 0.4) is 0 Å². The summed E-state index contributed by atoms with van der Waals surface area (Å²) in [6.45, 7) is 4.10. The van der Waals surface area contributed by atoms with Gasteiger partial charge < -0.3 is 16.2 Å². The van der Waals surface area contributed by atoms with Crippen molar-refractivity contribution in [1.29, 1.82) is 0 Å². The van der Waals surface area contributed by atoms with Gasteiger partial charge in [-0.1, -0.05) is 12.1 Å². The maximum atomic E-state index is 12.1. The molecule has 0 unspecified atom stereocenters.